The lowest BCUT2D eigenvalue weighted by Crippen LogP contribution is -2.28. The molecule has 2 N–H and O–H groups in total. The van der Waals surface area contributed by atoms with E-state index in [2.05, 4.69) is 27.8 Å². The highest BCUT2D eigenvalue weighted by Crippen LogP contribution is 1.89. The maximum absolute atomic E-state index is 5.44. The average Bonchev–Trinajstić information content (AvgIpc) is 2.47. The first-order valence-electron chi connectivity index (χ1n) is 6.92. The smallest absolute Gasteiger partial charge is 0.221 e. The summed E-state index contributed by atoms with van der Waals surface area (Å²) >= 11 is 3.86. The minimum absolute atomic E-state index is 0.338. The highest BCUT2D eigenvalue weighted by atomic mass is 32.1. The van der Waals surface area contributed by atoms with Gasteiger partial charge in [0, 0.05) is 26.2 Å². The third-order valence-corrected chi connectivity index (χ3v) is 2.75. The molecule has 7 nitrogen and oxygen atoms in total. The Hall–Kier alpha value is -0.380. The van der Waals surface area contributed by atoms with Crippen molar-refractivity contribution in [3.8, 4) is 0 Å². The van der Waals surface area contributed by atoms with Gasteiger partial charge in [-0.3, -0.25) is 0 Å². The Labute approximate surface area is 125 Å². The van der Waals surface area contributed by atoms with Crippen molar-refractivity contribution in [3.63, 3.8) is 0 Å². The molecule has 1 heterocycles. The molecule has 20 heavy (non-hydrogen) atoms. The van der Waals surface area contributed by atoms with E-state index in [4.69, 9.17) is 18.9 Å². The van der Waals surface area contributed by atoms with Crippen molar-refractivity contribution in [3.05, 3.63) is 0 Å². The molecule has 1 rings (SSSR count). The van der Waals surface area contributed by atoms with Gasteiger partial charge in [0.05, 0.1) is 33.0 Å². The van der Waals surface area contributed by atoms with Crippen molar-refractivity contribution in [1.82, 2.24) is 10.6 Å². The summed E-state index contributed by atoms with van der Waals surface area (Å²) < 4.78 is 25.5. The van der Waals surface area contributed by atoms with Crippen LogP contribution in [0, 0.1) is 0 Å². The molecule has 8 heteroatoms. The van der Waals surface area contributed by atoms with E-state index in [9.17, 15) is 0 Å². The summed E-state index contributed by atoms with van der Waals surface area (Å²) in [5.41, 5.74) is 0. The highest BCUT2D eigenvalue weighted by molar-refractivity contribution is 7.79. The van der Waals surface area contributed by atoms with Gasteiger partial charge in [-0.15, -0.1) is 0 Å². The van der Waals surface area contributed by atoms with E-state index in [0.29, 0.717) is 52.1 Å². The van der Waals surface area contributed by atoms with E-state index in [1.807, 2.05) is 0 Å². The average molecular weight is 307 g/mol. The Bertz CT molecular complexity index is 237. The zero-order chi connectivity index (χ0) is 14.3. The van der Waals surface area contributed by atoms with Gasteiger partial charge in [0.15, 0.2) is 0 Å². The molecular weight excluding hydrogens is 282 g/mol. The quantitative estimate of drug-likeness (QED) is 0.524. The maximum atomic E-state index is 5.44. The number of hydrogen-bond acceptors (Lipinski definition) is 8. The summed E-state index contributed by atoms with van der Waals surface area (Å²) in [6.45, 7) is 7.14. The third kappa shape index (κ3) is 10.4. The van der Waals surface area contributed by atoms with Crippen LogP contribution in [0.5, 0.6) is 0 Å². The normalized spacial score (nSPS) is 24.6. The van der Waals surface area contributed by atoms with Gasteiger partial charge < -0.3 is 29.6 Å². The van der Waals surface area contributed by atoms with Gasteiger partial charge in [-0.25, -0.2) is 0 Å². The lowest BCUT2D eigenvalue weighted by molar-refractivity contribution is 0.0488. The molecule has 0 amide bonds. The molecule has 1 aliphatic heterocycles. The molecular formula is C12H25N3O4S. The minimum atomic E-state index is 0.338. The molecule has 0 aromatic rings. The molecule has 0 unspecified atom stereocenters. The lowest BCUT2D eigenvalue weighted by Gasteiger charge is -2.11. The van der Waals surface area contributed by atoms with Crippen LogP contribution < -0.4 is 10.6 Å². The lowest BCUT2D eigenvalue weighted by atomic mass is 10.6. The SMILES string of the molecule is S/N=C1/COCCNCCOCCOCCNCCO1. The molecule has 1 fully saturated rings. The number of hydrogen-bond donors (Lipinski definition) is 3. The van der Waals surface area contributed by atoms with Crippen molar-refractivity contribution in [1.29, 1.82) is 0 Å². The molecule has 0 atom stereocenters. The van der Waals surface area contributed by atoms with Crippen LogP contribution in [0.25, 0.3) is 0 Å². The summed E-state index contributed by atoms with van der Waals surface area (Å²) in [5, 5.41) is 6.43. The molecule has 1 aliphatic rings. The van der Waals surface area contributed by atoms with Crippen molar-refractivity contribution in [2.45, 2.75) is 0 Å². The molecule has 0 aromatic heterocycles. The largest absolute Gasteiger partial charge is 0.477 e. The Morgan fingerprint density at radius 3 is 1.90 bits per heavy atom. The van der Waals surface area contributed by atoms with Gasteiger partial charge in [-0.1, -0.05) is 0 Å². The van der Waals surface area contributed by atoms with Crippen LogP contribution in [-0.2, 0) is 18.9 Å². The fourth-order valence-corrected chi connectivity index (χ4v) is 1.62. The zero-order valence-corrected chi connectivity index (χ0v) is 12.7. The predicted molar refractivity (Wildman–Crippen MR) is 80.6 cm³/mol. The summed E-state index contributed by atoms with van der Waals surface area (Å²) in [6, 6.07) is 0. The van der Waals surface area contributed by atoms with E-state index in [1.165, 1.54) is 0 Å². The molecule has 118 valence electrons. The summed E-state index contributed by atoms with van der Waals surface area (Å²) in [6.07, 6.45) is 0. The van der Waals surface area contributed by atoms with Gasteiger partial charge in [-0.05, 0) is 12.8 Å². The van der Waals surface area contributed by atoms with Crippen molar-refractivity contribution >= 4 is 18.7 Å². The van der Waals surface area contributed by atoms with Crippen LogP contribution in [0.3, 0.4) is 0 Å². The summed E-state index contributed by atoms with van der Waals surface area (Å²) in [4.78, 5) is 0. The van der Waals surface area contributed by atoms with Crippen LogP contribution in [0.4, 0.5) is 0 Å². The Balaban J connectivity index is 2.18. The number of thiol groups is 1. The standard InChI is InChI=1S/C12H25N3O4S/c20-15-12-11-18-7-3-13-1-5-16-9-10-17-6-2-14-4-8-19-12/h13-14,20H,1-11H2/b15-12-. The van der Waals surface area contributed by atoms with Gasteiger partial charge >= 0.3 is 0 Å². The first-order valence-corrected chi connectivity index (χ1v) is 7.32. The van der Waals surface area contributed by atoms with E-state index in [-0.39, 0.29) is 0 Å². The van der Waals surface area contributed by atoms with Crippen molar-refractivity contribution < 1.29 is 18.9 Å². The van der Waals surface area contributed by atoms with E-state index in [0.717, 1.165) is 26.2 Å². The molecule has 0 spiro atoms. The first kappa shape index (κ1) is 17.7. The van der Waals surface area contributed by atoms with Crippen LogP contribution >= 0.6 is 12.8 Å². The first-order chi connectivity index (χ1) is 9.93. The monoisotopic (exact) mass is 307 g/mol. The van der Waals surface area contributed by atoms with Crippen molar-refractivity contribution in [2.24, 2.45) is 4.40 Å². The molecule has 0 aromatic carbocycles. The van der Waals surface area contributed by atoms with Crippen molar-refractivity contribution in [2.75, 3.05) is 72.4 Å². The predicted octanol–water partition coefficient (Wildman–Crippen LogP) is -0.511. The number of ether oxygens (including phenoxy) is 4. The maximum Gasteiger partial charge on any atom is 0.221 e. The summed E-state index contributed by atoms with van der Waals surface area (Å²) in [7, 11) is 0. The van der Waals surface area contributed by atoms with E-state index >= 15 is 0 Å². The second-order valence-corrected chi connectivity index (χ2v) is 4.32. The minimum Gasteiger partial charge on any atom is -0.477 e. The number of nitrogens with one attached hydrogen (secondary N) is 2. The van der Waals surface area contributed by atoms with E-state index < -0.39 is 0 Å². The van der Waals surface area contributed by atoms with Gasteiger partial charge in [-0.2, -0.15) is 4.40 Å². The molecule has 1 saturated heterocycles. The van der Waals surface area contributed by atoms with Gasteiger partial charge in [0.25, 0.3) is 0 Å². The second-order valence-electron chi connectivity index (χ2n) is 4.12. The van der Waals surface area contributed by atoms with Crippen LogP contribution in [0.2, 0.25) is 0 Å². The third-order valence-electron chi connectivity index (χ3n) is 2.53. The Kier molecular flexibility index (Phi) is 12.0. The molecule has 0 bridgehead atoms. The van der Waals surface area contributed by atoms with E-state index in [1.54, 1.807) is 0 Å². The van der Waals surface area contributed by atoms with Crippen LogP contribution in [0.1, 0.15) is 0 Å². The van der Waals surface area contributed by atoms with Crippen LogP contribution in [0.15, 0.2) is 4.40 Å². The topological polar surface area (TPSA) is 73.3 Å². The van der Waals surface area contributed by atoms with Gasteiger partial charge in [0.1, 0.15) is 13.2 Å². The number of nitrogens with zero attached hydrogens (tertiary/aromatic N) is 1. The number of rotatable bonds is 0. The fraction of sp³-hybridized carbons (Fsp3) is 0.917. The molecule has 0 radical (unpaired) electrons. The zero-order valence-electron chi connectivity index (χ0n) is 11.8. The van der Waals surface area contributed by atoms with Gasteiger partial charge in [0.2, 0.25) is 5.90 Å². The Morgan fingerprint density at radius 1 is 0.750 bits per heavy atom. The molecule has 0 aliphatic carbocycles. The fourth-order valence-electron chi connectivity index (χ4n) is 1.50. The Morgan fingerprint density at radius 2 is 1.30 bits per heavy atom. The second kappa shape index (κ2) is 13.6. The molecule has 0 saturated carbocycles. The summed E-state index contributed by atoms with van der Waals surface area (Å²) in [5.74, 6) is 0.496. The van der Waals surface area contributed by atoms with Crippen LogP contribution in [-0.4, -0.2) is 78.3 Å². The highest BCUT2D eigenvalue weighted by Gasteiger charge is 2.01.